The van der Waals surface area contributed by atoms with Crippen molar-refractivity contribution in [1.82, 2.24) is 10.2 Å². The van der Waals surface area contributed by atoms with E-state index in [1.165, 1.54) is 12.0 Å². The standard InChI is InChI=1S/C30H36BrN3O5S/c1-22(2)19-32-30(36)28(18-23-9-6-5-7-10-23)33(20-24-11-8-12-25(31)17-24)29(35)21-34(40(4,37)38)26-13-15-27(39-3)16-14-26/h5-17,22,28H,18-21H2,1-4H3,(H,32,36)/t28-/m0/s1. The lowest BCUT2D eigenvalue weighted by atomic mass is 10.0. The van der Waals surface area contributed by atoms with E-state index in [0.717, 1.165) is 26.2 Å². The zero-order chi connectivity index (χ0) is 29.3. The molecule has 0 aromatic heterocycles. The number of ether oxygens (including phenoxy) is 1. The summed E-state index contributed by atoms with van der Waals surface area (Å²) >= 11 is 3.48. The number of benzene rings is 3. The van der Waals surface area contributed by atoms with Gasteiger partial charge in [-0.25, -0.2) is 8.42 Å². The monoisotopic (exact) mass is 629 g/mol. The molecule has 0 saturated carbocycles. The summed E-state index contributed by atoms with van der Waals surface area (Å²) in [7, 11) is -2.32. The fraction of sp³-hybridized carbons (Fsp3) is 0.333. The minimum absolute atomic E-state index is 0.116. The molecule has 1 atom stereocenters. The van der Waals surface area contributed by atoms with Gasteiger partial charge in [-0.05, 0) is 53.4 Å². The van der Waals surface area contributed by atoms with Crippen LogP contribution in [0, 0.1) is 5.92 Å². The summed E-state index contributed by atoms with van der Waals surface area (Å²) in [5, 5.41) is 2.98. The second-order valence-electron chi connectivity index (χ2n) is 9.96. The minimum Gasteiger partial charge on any atom is -0.497 e. The van der Waals surface area contributed by atoms with Crippen molar-refractivity contribution in [3.05, 3.63) is 94.5 Å². The summed E-state index contributed by atoms with van der Waals surface area (Å²) in [4.78, 5) is 29.2. The number of nitrogens with zero attached hydrogens (tertiary/aromatic N) is 2. The number of amides is 2. The van der Waals surface area contributed by atoms with Gasteiger partial charge in [0, 0.05) is 24.0 Å². The molecule has 3 rings (SSSR count). The van der Waals surface area contributed by atoms with Gasteiger partial charge in [-0.1, -0.05) is 72.2 Å². The largest absolute Gasteiger partial charge is 0.497 e. The maximum atomic E-state index is 14.1. The van der Waals surface area contributed by atoms with Crippen LogP contribution in [-0.4, -0.2) is 57.6 Å². The lowest BCUT2D eigenvalue weighted by Gasteiger charge is -2.33. The highest BCUT2D eigenvalue weighted by Crippen LogP contribution is 2.23. The van der Waals surface area contributed by atoms with Gasteiger partial charge in [0.05, 0.1) is 19.1 Å². The molecule has 1 N–H and O–H groups in total. The van der Waals surface area contributed by atoms with Crippen molar-refractivity contribution < 1.29 is 22.7 Å². The quantitative estimate of drug-likeness (QED) is 0.297. The van der Waals surface area contributed by atoms with Crippen molar-refractivity contribution in [2.75, 3.05) is 30.8 Å². The second-order valence-corrected chi connectivity index (χ2v) is 12.8. The highest BCUT2D eigenvalue weighted by atomic mass is 79.9. The summed E-state index contributed by atoms with van der Waals surface area (Å²) in [6, 6.07) is 22.5. The van der Waals surface area contributed by atoms with Crippen LogP contribution in [0.25, 0.3) is 0 Å². The summed E-state index contributed by atoms with van der Waals surface area (Å²) in [6.07, 6.45) is 1.33. The van der Waals surface area contributed by atoms with E-state index in [9.17, 15) is 18.0 Å². The third kappa shape index (κ3) is 9.09. The predicted molar refractivity (Wildman–Crippen MR) is 162 cm³/mol. The fourth-order valence-corrected chi connectivity index (χ4v) is 5.47. The molecular weight excluding hydrogens is 594 g/mol. The van der Waals surface area contributed by atoms with E-state index in [-0.39, 0.29) is 24.8 Å². The van der Waals surface area contributed by atoms with E-state index < -0.39 is 28.5 Å². The van der Waals surface area contributed by atoms with Crippen LogP contribution in [0.15, 0.2) is 83.3 Å². The molecule has 0 fully saturated rings. The molecule has 10 heteroatoms. The number of anilines is 1. The lowest BCUT2D eigenvalue weighted by molar-refractivity contribution is -0.140. The number of sulfonamides is 1. The predicted octanol–water partition coefficient (Wildman–Crippen LogP) is 4.64. The van der Waals surface area contributed by atoms with Gasteiger partial charge in [0.25, 0.3) is 0 Å². The third-order valence-corrected chi connectivity index (χ3v) is 7.87. The molecule has 2 amide bonds. The number of hydrogen-bond donors (Lipinski definition) is 1. The Morgan fingerprint density at radius 3 is 2.17 bits per heavy atom. The Bertz CT molecular complexity index is 1380. The van der Waals surface area contributed by atoms with E-state index in [4.69, 9.17) is 4.74 Å². The van der Waals surface area contributed by atoms with Crippen LogP contribution < -0.4 is 14.4 Å². The van der Waals surface area contributed by atoms with Gasteiger partial charge in [0.1, 0.15) is 18.3 Å². The van der Waals surface area contributed by atoms with Crippen molar-refractivity contribution in [3.8, 4) is 5.75 Å². The van der Waals surface area contributed by atoms with Gasteiger partial charge in [0.15, 0.2) is 0 Å². The first-order valence-electron chi connectivity index (χ1n) is 12.9. The van der Waals surface area contributed by atoms with Crippen LogP contribution in [0.1, 0.15) is 25.0 Å². The minimum atomic E-state index is -3.84. The SMILES string of the molecule is COc1ccc(N(CC(=O)N(Cc2cccc(Br)c2)[C@@H](Cc2ccccc2)C(=O)NCC(C)C)S(C)(=O)=O)cc1. The van der Waals surface area contributed by atoms with Crippen LogP contribution in [0.2, 0.25) is 0 Å². The Hall–Kier alpha value is -3.37. The number of carbonyl (C=O) groups is 2. The van der Waals surface area contributed by atoms with E-state index in [1.807, 2.05) is 68.4 Å². The van der Waals surface area contributed by atoms with Crippen molar-refractivity contribution in [3.63, 3.8) is 0 Å². The first-order valence-corrected chi connectivity index (χ1v) is 15.6. The lowest BCUT2D eigenvalue weighted by Crippen LogP contribution is -2.53. The summed E-state index contributed by atoms with van der Waals surface area (Å²) in [6.45, 7) is 4.09. The molecule has 0 spiro atoms. The highest BCUT2D eigenvalue weighted by Gasteiger charge is 2.33. The number of hydrogen-bond acceptors (Lipinski definition) is 5. The van der Waals surface area contributed by atoms with Crippen molar-refractivity contribution in [1.29, 1.82) is 0 Å². The summed E-state index contributed by atoms with van der Waals surface area (Å²) < 4.78 is 32.8. The molecule has 0 saturated heterocycles. The zero-order valence-corrected chi connectivity index (χ0v) is 25.6. The number of methoxy groups -OCH3 is 1. The molecule has 0 aliphatic carbocycles. The molecule has 40 heavy (non-hydrogen) atoms. The Balaban J connectivity index is 2.03. The van der Waals surface area contributed by atoms with Crippen LogP contribution in [-0.2, 0) is 32.6 Å². The van der Waals surface area contributed by atoms with Crippen molar-refractivity contribution >= 4 is 43.5 Å². The summed E-state index contributed by atoms with van der Waals surface area (Å²) in [5.41, 5.74) is 2.00. The molecule has 0 radical (unpaired) electrons. The number of halogens is 1. The maximum absolute atomic E-state index is 14.1. The van der Waals surface area contributed by atoms with E-state index in [0.29, 0.717) is 18.0 Å². The number of carbonyl (C=O) groups excluding carboxylic acids is 2. The molecule has 8 nitrogen and oxygen atoms in total. The molecule has 0 aliphatic rings. The third-order valence-electron chi connectivity index (χ3n) is 6.24. The van der Waals surface area contributed by atoms with Crippen LogP contribution in [0.3, 0.4) is 0 Å². The second kappa shape index (κ2) is 14.3. The van der Waals surface area contributed by atoms with Gasteiger partial charge in [-0.15, -0.1) is 0 Å². The first-order chi connectivity index (χ1) is 19.0. The van der Waals surface area contributed by atoms with Gasteiger partial charge >= 0.3 is 0 Å². The molecule has 214 valence electrons. The normalized spacial score (nSPS) is 12.1. The van der Waals surface area contributed by atoms with Gasteiger partial charge in [0.2, 0.25) is 21.8 Å². The molecule has 3 aromatic rings. The molecule has 0 heterocycles. The van der Waals surface area contributed by atoms with Crippen LogP contribution in [0.4, 0.5) is 5.69 Å². The maximum Gasteiger partial charge on any atom is 0.244 e. The van der Waals surface area contributed by atoms with Crippen LogP contribution >= 0.6 is 15.9 Å². The molecular formula is C30H36BrN3O5S. The van der Waals surface area contributed by atoms with E-state index >= 15 is 0 Å². The Morgan fingerprint density at radius 1 is 0.950 bits per heavy atom. The van der Waals surface area contributed by atoms with E-state index in [2.05, 4.69) is 21.2 Å². The van der Waals surface area contributed by atoms with E-state index in [1.54, 1.807) is 24.3 Å². The van der Waals surface area contributed by atoms with Crippen LogP contribution in [0.5, 0.6) is 5.75 Å². The molecule has 0 aliphatic heterocycles. The molecule has 3 aromatic carbocycles. The zero-order valence-electron chi connectivity index (χ0n) is 23.2. The van der Waals surface area contributed by atoms with Crippen molar-refractivity contribution in [2.45, 2.75) is 32.9 Å². The van der Waals surface area contributed by atoms with Gasteiger partial charge in [-0.2, -0.15) is 0 Å². The average molecular weight is 631 g/mol. The van der Waals surface area contributed by atoms with Gasteiger partial charge < -0.3 is 15.0 Å². The Morgan fingerprint density at radius 2 is 1.60 bits per heavy atom. The average Bonchev–Trinajstić information content (AvgIpc) is 2.92. The molecule has 0 bridgehead atoms. The number of rotatable bonds is 13. The van der Waals surface area contributed by atoms with Gasteiger partial charge in [-0.3, -0.25) is 13.9 Å². The fourth-order valence-electron chi connectivity index (χ4n) is 4.17. The Labute approximate surface area is 245 Å². The smallest absolute Gasteiger partial charge is 0.244 e. The first kappa shape index (κ1) is 31.2. The number of nitrogens with one attached hydrogen (secondary N) is 1. The highest BCUT2D eigenvalue weighted by molar-refractivity contribution is 9.10. The van der Waals surface area contributed by atoms with Crippen molar-refractivity contribution in [2.24, 2.45) is 5.92 Å². The topological polar surface area (TPSA) is 96.0 Å². The molecule has 0 unspecified atom stereocenters. The Kier molecular flexibility index (Phi) is 11.2. The summed E-state index contributed by atoms with van der Waals surface area (Å²) in [5.74, 6) is -0.0194.